The quantitative estimate of drug-likeness (QED) is 0.800. The van der Waals surface area contributed by atoms with Crippen molar-refractivity contribution in [2.45, 2.75) is 58.4 Å². The summed E-state index contributed by atoms with van der Waals surface area (Å²) >= 11 is 0. The smallest absolute Gasteiger partial charge is 0.302 e. The fourth-order valence-electron chi connectivity index (χ4n) is 4.41. The summed E-state index contributed by atoms with van der Waals surface area (Å²) in [6, 6.07) is 0.693. The lowest BCUT2D eigenvalue weighted by atomic mass is 9.94. The van der Waals surface area contributed by atoms with Crippen LogP contribution in [0.15, 0.2) is 15.2 Å². The number of hydrogen-bond acceptors (Lipinski definition) is 7. The Hall–Kier alpha value is -2.68. The highest BCUT2D eigenvalue weighted by Crippen LogP contribution is 2.24. The van der Waals surface area contributed by atoms with Crippen molar-refractivity contribution in [1.82, 2.24) is 19.9 Å². The molecule has 1 N–H and O–H groups in total. The first-order valence-electron chi connectivity index (χ1n) is 10.7. The van der Waals surface area contributed by atoms with E-state index in [0.29, 0.717) is 30.6 Å². The third-order valence-corrected chi connectivity index (χ3v) is 6.18. The largest absolute Gasteiger partial charge is 0.431 e. The summed E-state index contributed by atoms with van der Waals surface area (Å²) in [5.41, 5.74) is 1.64. The summed E-state index contributed by atoms with van der Waals surface area (Å²) in [5, 5.41) is 6.44. The van der Waals surface area contributed by atoms with Crippen LogP contribution in [0.3, 0.4) is 0 Å². The SMILES string of the molecule is Cc1noc(C)c1CC(=O)Nc1nc(C(=O)N2CCN(C3CCCCC3)CC2)co1. The van der Waals surface area contributed by atoms with Crippen molar-refractivity contribution < 1.29 is 18.5 Å². The molecule has 0 aromatic carbocycles. The van der Waals surface area contributed by atoms with Gasteiger partial charge in [-0.05, 0) is 26.7 Å². The maximum absolute atomic E-state index is 12.8. The van der Waals surface area contributed by atoms with Gasteiger partial charge in [-0.3, -0.25) is 19.8 Å². The molecule has 9 nitrogen and oxygen atoms in total. The molecule has 1 aliphatic heterocycles. The number of nitrogens with one attached hydrogen (secondary N) is 1. The molecule has 1 saturated heterocycles. The normalized spacial score (nSPS) is 18.5. The topological polar surface area (TPSA) is 105 Å². The highest BCUT2D eigenvalue weighted by atomic mass is 16.5. The van der Waals surface area contributed by atoms with Gasteiger partial charge in [0.1, 0.15) is 12.0 Å². The fourth-order valence-corrected chi connectivity index (χ4v) is 4.41. The van der Waals surface area contributed by atoms with Crippen molar-refractivity contribution in [1.29, 1.82) is 0 Å². The number of rotatable bonds is 5. The zero-order valence-electron chi connectivity index (χ0n) is 17.6. The predicted octanol–water partition coefficient (Wildman–Crippen LogP) is 2.55. The first-order valence-corrected chi connectivity index (χ1v) is 10.7. The molecule has 0 bridgehead atoms. The van der Waals surface area contributed by atoms with Gasteiger partial charge in [0.2, 0.25) is 5.91 Å². The number of aromatic nitrogens is 2. The summed E-state index contributed by atoms with van der Waals surface area (Å²) in [6.45, 7) is 6.73. The molecule has 2 fully saturated rings. The molecule has 0 atom stereocenters. The standard InChI is InChI=1S/C21H29N5O4/c1-14-17(15(2)30-24-14)12-19(27)23-21-22-18(13-29-21)20(28)26-10-8-25(9-11-26)16-6-4-3-5-7-16/h13,16H,3-12H2,1-2H3,(H,22,23,27). The second kappa shape index (κ2) is 8.99. The van der Waals surface area contributed by atoms with Crippen LogP contribution in [0, 0.1) is 13.8 Å². The van der Waals surface area contributed by atoms with Crippen molar-refractivity contribution in [3.8, 4) is 0 Å². The van der Waals surface area contributed by atoms with Gasteiger partial charge in [0.25, 0.3) is 5.91 Å². The van der Waals surface area contributed by atoms with Gasteiger partial charge < -0.3 is 13.8 Å². The van der Waals surface area contributed by atoms with Crippen LogP contribution in [-0.2, 0) is 11.2 Å². The molecule has 1 aliphatic carbocycles. The van der Waals surface area contributed by atoms with E-state index in [4.69, 9.17) is 8.94 Å². The molecular weight excluding hydrogens is 386 g/mol. The number of piperazine rings is 1. The molecule has 0 radical (unpaired) electrons. The average Bonchev–Trinajstić information content (AvgIpc) is 3.36. The van der Waals surface area contributed by atoms with E-state index in [2.05, 4.69) is 20.4 Å². The Morgan fingerprint density at radius 1 is 1.13 bits per heavy atom. The van der Waals surface area contributed by atoms with Gasteiger partial charge in [-0.2, -0.15) is 4.98 Å². The summed E-state index contributed by atoms with van der Waals surface area (Å²) in [6.07, 6.45) is 7.93. The van der Waals surface area contributed by atoms with Gasteiger partial charge in [0.15, 0.2) is 5.69 Å². The maximum atomic E-state index is 12.8. The monoisotopic (exact) mass is 415 g/mol. The molecular formula is C21H29N5O4. The second-order valence-corrected chi connectivity index (χ2v) is 8.19. The Kier molecular flexibility index (Phi) is 6.17. The lowest BCUT2D eigenvalue weighted by molar-refractivity contribution is -0.115. The van der Waals surface area contributed by atoms with E-state index in [0.717, 1.165) is 18.7 Å². The molecule has 0 spiro atoms. The number of nitrogens with zero attached hydrogens (tertiary/aromatic N) is 4. The van der Waals surface area contributed by atoms with E-state index < -0.39 is 0 Å². The van der Waals surface area contributed by atoms with Crippen LogP contribution >= 0.6 is 0 Å². The van der Waals surface area contributed by atoms with Crippen LogP contribution in [0.25, 0.3) is 0 Å². The van der Waals surface area contributed by atoms with Crippen molar-refractivity contribution in [2.24, 2.45) is 0 Å². The van der Waals surface area contributed by atoms with E-state index in [1.54, 1.807) is 13.8 Å². The number of carbonyl (C=O) groups excluding carboxylic acids is 2. The molecule has 2 aliphatic rings. The predicted molar refractivity (Wildman–Crippen MR) is 109 cm³/mol. The van der Waals surface area contributed by atoms with Gasteiger partial charge in [-0.15, -0.1) is 0 Å². The van der Waals surface area contributed by atoms with E-state index in [-0.39, 0.29) is 29.9 Å². The van der Waals surface area contributed by atoms with E-state index in [1.807, 2.05) is 4.90 Å². The lowest BCUT2D eigenvalue weighted by Gasteiger charge is -2.40. The highest BCUT2D eigenvalue weighted by Gasteiger charge is 2.28. The molecule has 162 valence electrons. The van der Waals surface area contributed by atoms with Crippen molar-refractivity contribution in [2.75, 3.05) is 31.5 Å². The maximum Gasteiger partial charge on any atom is 0.302 e. The minimum absolute atomic E-state index is 0.0240. The van der Waals surface area contributed by atoms with Crippen LogP contribution in [0.1, 0.15) is 59.6 Å². The Bertz CT molecular complexity index is 872. The van der Waals surface area contributed by atoms with E-state index in [9.17, 15) is 9.59 Å². The number of aryl methyl sites for hydroxylation is 2. The summed E-state index contributed by atoms with van der Waals surface area (Å²) in [7, 11) is 0. The molecule has 30 heavy (non-hydrogen) atoms. The molecule has 2 aromatic rings. The van der Waals surface area contributed by atoms with E-state index >= 15 is 0 Å². The Balaban J connectivity index is 1.29. The molecule has 1 saturated carbocycles. The van der Waals surface area contributed by atoms with Crippen molar-refractivity contribution in [3.05, 3.63) is 29.0 Å². The lowest BCUT2D eigenvalue weighted by Crippen LogP contribution is -2.52. The Morgan fingerprint density at radius 3 is 2.53 bits per heavy atom. The van der Waals surface area contributed by atoms with Crippen molar-refractivity contribution >= 4 is 17.8 Å². The molecule has 9 heteroatoms. The van der Waals surface area contributed by atoms with Crippen LogP contribution in [0.5, 0.6) is 0 Å². The van der Waals surface area contributed by atoms with Crippen LogP contribution in [-0.4, -0.2) is 64.0 Å². The molecule has 0 unspecified atom stereocenters. The van der Waals surface area contributed by atoms with Crippen LogP contribution in [0.4, 0.5) is 6.01 Å². The molecule has 2 aromatic heterocycles. The number of anilines is 1. The number of carbonyl (C=O) groups is 2. The fraction of sp³-hybridized carbons (Fsp3) is 0.619. The van der Waals surface area contributed by atoms with Crippen molar-refractivity contribution in [3.63, 3.8) is 0 Å². The summed E-state index contributed by atoms with van der Waals surface area (Å²) in [5.74, 6) is 0.151. The average molecular weight is 415 g/mol. The summed E-state index contributed by atoms with van der Waals surface area (Å²) in [4.78, 5) is 33.5. The van der Waals surface area contributed by atoms with Gasteiger partial charge in [0.05, 0.1) is 12.1 Å². The Labute approximate surface area is 175 Å². The minimum Gasteiger partial charge on any atom is -0.431 e. The Morgan fingerprint density at radius 2 is 1.87 bits per heavy atom. The highest BCUT2D eigenvalue weighted by molar-refractivity contribution is 5.94. The zero-order valence-corrected chi connectivity index (χ0v) is 17.6. The van der Waals surface area contributed by atoms with Crippen LogP contribution < -0.4 is 5.32 Å². The molecule has 3 heterocycles. The van der Waals surface area contributed by atoms with Crippen LogP contribution in [0.2, 0.25) is 0 Å². The third kappa shape index (κ3) is 4.56. The third-order valence-electron chi connectivity index (χ3n) is 6.18. The minimum atomic E-state index is -0.300. The number of amides is 2. The van der Waals surface area contributed by atoms with Gasteiger partial charge in [0, 0.05) is 37.8 Å². The first kappa shape index (κ1) is 20.6. The van der Waals surface area contributed by atoms with Gasteiger partial charge in [-0.25, -0.2) is 0 Å². The number of oxazole rings is 1. The number of hydrogen-bond donors (Lipinski definition) is 1. The van der Waals surface area contributed by atoms with Gasteiger partial charge in [-0.1, -0.05) is 24.4 Å². The molecule has 4 rings (SSSR count). The van der Waals surface area contributed by atoms with E-state index in [1.165, 1.54) is 38.4 Å². The summed E-state index contributed by atoms with van der Waals surface area (Å²) < 4.78 is 10.4. The molecule has 2 amide bonds. The first-order chi connectivity index (χ1) is 14.5. The second-order valence-electron chi connectivity index (χ2n) is 8.19. The van der Waals surface area contributed by atoms with Gasteiger partial charge >= 0.3 is 6.01 Å². The zero-order chi connectivity index (χ0) is 21.1.